The average Bonchev–Trinajstić information content (AvgIpc) is 2.36. The summed E-state index contributed by atoms with van der Waals surface area (Å²) in [5.41, 5.74) is 2.34. The third-order valence-corrected chi connectivity index (χ3v) is 3.30. The SMILES string of the molecule is CCCNCc1cc(Br)cc(C)c1OCCOC(C)C. The van der Waals surface area contributed by atoms with Crippen molar-refractivity contribution in [3.8, 4) is 5.75 Å². The zero-order valence-electron chi connectivity index (χ0n) is 13.0. The fraction of sp³-hybridized carbons (Fsp3) is 0.625. The van der Waals surface area contributed by atoms with Crippen molar-refractivity contribution < 1.29 is 9.47 Å². The van der Waals surface area contributed by atoms with Crippen LogP contribution >= 0.6 is 15.9 Å². The van der Waals surface area contributed by atoms with Crippen LogP contribution in [0, 0.1) is 6.92 Å². The van der Waals surface area contributed by atoms with E-state index in [-0.39, 0.29) is 6.10 Å². The van der Waals surface area contributed by atoms with Crippen molar-refractivity contribution >= 4 is 15.9 Å². The molecule has 0 saturated carbocycles. The number of benzene rings is 1. The normalized spacial score (nSPS) is 11.1. The van der Waals surface area contributed by atoms with Crippen LogP contribution in [-0.2, 0) is 11.3 Å². The Morgan fingerprint density at radius 3 is 2.65 bits per heavy atom. The third kappa shape index (κ3) is 6.25. The van der Waals surface area contributed by atoms with Crippen LogP contribution < -0.4 is 10.1 Å². The van der Waals surface area contributed by atoms with E-state index in [1.165, 1.54) is 5.56 Å². The highest BCUT2D eigenvalue weighted by Crippen LogP contribution is 2.28. The molecule has 0 saturated heterocycles. The van der Waals surface area contributed by atoms with Crippen molar-refractivity contribution in [1.29, 1.82) is 0 Å². The Hall–Kier alpha value is -0.580. The van der Waals surface area contributed by atoms with Crippen LogP contribution in [0.5, 0.6) is 5.75 Å². The van der Waals surface area contributed by atoms with Gasteiger partial charge in [0, 0.05) is 16.6 Å². The first kappa shape index (κ1) is 17.5. The Morgan fingerprint density at radius 1 is 1.25 bits per heavy atom. The Bertz CT molecular complexity index is 408. The molecule has 0 bridgehead atoms. The van der Waals surface area contributed by atoms with Gasteiger partial charge in [0.2, 0.25) is 0 Å². The van der Waals surface area contributed by atoms with Gasteiger partial charge in [-0.3, -0.25) is 0 Å². The van der Waals surface area contributed by atoms with Crippen molar-refractivity contribution in [3.05, 3.63) is 27.7 Å². The predicted molar refractivity (Wildman–Crippen MR) is 87.5 cm³/mol. The highest BCUT2D eigenvalue weighted by Gasteiger charge is 2.09. The summed E-state index contributed by atoms with van der Waals surface area (Å²) in [5, 5.41) is 3.42. The van der Waals surface area contributed by atoms with Crippen LogP contribution in [0.4, 0.5) is 0 Å². The first-order chi connectivity index (χ1) is 9.54. The maximum atomic E-state index is 5.92. The molecule has 4 heteroatoms. The van der Waals surface area contributed by atoms with E-state index >= 15 is 0 Å². The van der Waals surface area contributed by atoms with Crippen molar-refractivity contribution in [1.82, 2.24) is 5.32 Å². The summed E-state index contributed by atoms with van der Waals surface area (Å²) in [6.07, 6.45) is 1.38. The standard InChI is InChI=1S/C16H26BrNO2/c1-5-6-18-11-14-10-15(17)9-13(4)16(14)20-8-7-19-12(2)3/h9-10,12,18H,5-8,11H2,1-4H3. The second-order valence-corrected chi connectivity index (χ2v) is 6.07. The van der Waals surface area contributed by atoms with E-state index in [4.69, 9.17) is 9.47 Å². The van der Waals surface area contributed by atoms with Gasteiger partial charge in [0.1, 0.15) is 12.4 Å². The fourth-order valence-electron chi connectivity index (χ4n) is 1.96. The molecule has 0 spiro atoms. The van der Waals surface area contributed by atoms with Gasteiger partial charge >= 0.3 is 0 Å². The lowest BCUT2D eigenvalue weighted by atomic mass is 10.1. The van der Waals surface area contributed by atoms with Gasteiger partial charge in [0.15, 0.2) is 0 Å². The van der Waals surface area contributed by atoms with E-state index in [0.29, 0.717) is 13.2 Å². The first-order valence-electron chi connectivity index (χ1n) is 7.28. The molecular weight excluding hydrogens is 318 g/mol. The van der Waals surface area contributed by atoms with Gasteiger partial charge in [0.25, 0.3) is 0 Å². The van der Waals surface area contributed by atoms with Crippen molar-refractivity contribution in [2.24, 2.45) is 0 Å². The molecule has 0 fully saturated rings. The molecular formula is C16H26BrNO2. The molecule has 0 atom stereocenters. The van der Waals surface area contributed by atoms with E-state index < -0.39 is 0 Å². The van der Waals surface area contributed by atoms with Crippen molar-refractivity contribution in [3.63, 3.8) is 0 Å². The number of hydrogen-bond acceptors (Lipinski definition) is 3. The summed E-state index contributed by atoms with van der Waals surface area (Å²) >= 11 is 3.55. The maximum Gasteiger partial charge on any atom is 0.126 e. The van der Waals surface area contributed by atoms with Crippen LogP contribution in [-0.4, -0.2) is 25.9 Å². The summed E-state index contributed by atoms with van der Waals surface area (Å²) < 4.78 is 12.5. The maximum absolute atomic E-state index is 5.92. The highest BCUT2D eigenvalue weighted by atomic mass is 79.9. The smallest absolute Gasteiger partial charge is 0.126 e. The van der Waals surface area contributed by atoms with Gasteiger partial charge in [-0.1, -0.05) is 22.9 Å². The summed E-state index contributed by atoms with van der Waals surface area (Å²) in [5.74, 6) is 0.976. The minimum absolute atomic E-state index is 0.246. The Balaban J connectivity index is 2.65. The average molecular weight is 344 g/mol. The molecule has 114 valence electrons. The van der Waals surface area contributed by atoms with E-state index in [9.17, 15) is 0 Å². The van der Waals surface area contributed by atoms with Crippen molar-refractivity contribution in [2.75, 3.05) is 19.8 Å². The van der Waals surface area contributed by atoms with Crippen LogP contribution in [0.2, 0.25) is 0 Å². The lowest BCUT2D eigenvalue weighted by Crippen LogP contribution is -2.16. The fourth-order valence-corrected chi connectivity index (χ4v) is 2.58. The summed E-state index contributed by atoms with van der Waals surface area (Å²) in [6, 6.07) is 4.20. The van der Waals surface area contributed by atoms with E-state index in [1.807, 2.05) is 13.8 Å². The molecule has 1 N–H and O–H groups in total. The number of ether oxygens (including phenoxy) is 2. The molecule has 0 aliphatic carbocycles. The Labute approximate surface area is 131 Å². The molecule has 0 amide bonds. The van der Waals surface area contributed by atoms with Crippen molar-refractivity contribution in [2.45, 2.75) is 46.8 Å². The second kappa shape index (κ2) is 9.37. The van der Waals surface area contributed by atoms with Gasteiger partial charge < -0.3 is 14.8 Å². The van der Waals surface area contributed by atoms with Gasteiger partial charge in [-0.05, 0) is 51.4 Å². The monoisotopic (exact) mass is 343 g/mol. The van der Waals surface area contributed by atoms with Crippen LogP contribution in [0.25, 0.3) is 0 Å². The molecule has 0 radical (unpaired) electrons. The highest BCUT2D eigenvalue weighted by molar-refractivity contribution is 9.10. The van der Waals surface area contributed by atoms with Crippen LogP contribution in [0.1, 0.15) is 38.3 Å². The molecule has 1 aromatic rings. The molecule has 0 unspecified atom stereocenters. The first-order valence-corrected chi connectivity index (χ1v) is 8.08. The third-order valence-electron chi connectivity index (χ3n) is 2.84. The van der Waals surface area contributed by atoms with E-state index in [0.717, 1.165) is 35.3 Å². The summed E-state index contributed by atoms with van der Waals surface area (Å²) in [7, 11) is 0. The summed E-state index contributed by atoms with van der Waals surface area (Å²) in [6.45, 7) is 11.4. The van der Waals surface area contributed by atoms with Gasteiger partial charge in [-0.15, -0.1) is 0 Å². The minimum atomic E-state index is 0.246. The van der Waals surface area contributed by atoms with Gasteiger partial charge in [-0.25, -0.2) is 0 Å². The summed E-state index contributed by atoms with van der Waals surface area (Å²) in [4.78, 5) is 0. The second-order valence-electron chi connectivity index (χ2n) is 5.16. The number of aryl methyl sites for hydroxylation is 1. The zero-order chi connectivity index (χ0) is 15.0. The molecule has 3 nitrogen and oxygen atoms in total. The molecule has 0 aliphatic heterocycles. The van der Waals surface area contributed by atoms with Crippen LogP contribution in [0.15, 0.2) is 16.6 Å². The lowest BCUT2D eigenvalue weighted by Gasteiger charge is -2.16. The predicted octanol–water partition coefficient (Wildman–Crippen LogP) is 4.06. The topological polar surface area (TPSA) is 30.5 Å². The number of hydrogen-bond donors (Lipinski definition) is 1. The van der Waals surface area contributed by atoms with E-state index in [2.05, 4.69) is 47.2 Å². The van der Waals surface area contributed by atoms with E-state index in [1.54, 1.807) is 0 Å². The largest absolute Gasteiger partial charge is 0.491 e. The molecule has 1 rings (SSSR count). The number of rotatable bonds is 9. The Morgan fingerprint density at radius 2 is 2.00 bits per heavy atom. The van der Waals surface area contributed by atoms with Gasteiger partial charge in [-0.2, -0.15) is 0 Å². The molecule has 0 aromatic heterocycles. The Kier molecular flexibility index (Phi) is 8.19. The molecule has 0 aliphatic rings. The quantitative estimate of drug-likeness (QED) is 0.685. The van der Waals surface area contributed by atoms with Gasteiger partial charge in [0.05, 0.1) is 12.7 Å². The molecule has 1 aromatic carbocycles. The molecule has 20 heavy (non-hydrogen) atoms. The zero-order valence-corrected chi connectivity index (χ0v) is 14.5. The van der Waals surface area contributed by atoms with Crippen LogP contribution in [0.3, 0.4) is 0 Å². The molecule has 0 heterocycles. The number of nitrogens with one attached hydrogen (secondary N) is 1. The number of halogens is 1. The lowest BCUT2D eigenvalue weighted by molar-refractivity contribution is 0.0549. The minimum Gasteiger partial charge on any atom is -0.491 e.